The summed E-state index contributed by atoms with van der Waals surface area (Å²) in [4.78, 5) is 16.3. The molecule has 0 aliphatic carbocycles. The Kier molecular flexibility index (Phi) is 4.92. The van der Waals surface area contributed by atoms with E-state index in [-0.39, 0.29) is 11.6 Å². The normalized spacial score (nSPS) is 17.0. The van der Waals surface area contributed by atoms with Crippen molar-refractivity contribution in [2.75, 3.05) is 37.6 Å². The van der Waals surface area contributed by atoms with Crippen LogP contribution in [0.1, 0.15) is 11.1 Å². The van der Waals surface area contributed by atoms with Crippen LogP contribution in [0.25, 0.3) is 16.2 Å². The molecular weight excluding hydrogens is 401 g/mol. The molecule has 153 valence electrons. The Bertz CT molecular complexity index is 1150. The maximum atomic E-state index is 14.0. The molecule has 0 saturated carbocycles. The van der Waals surface area contributed by atoms with Crippen LogP contribution >= 0.6 is 11.3 Å². The van der Waals surface area contributed by atoms with Gasteiger partial charge in [-0.15, -0.1) is 11.3 Å². The fraction of sp³-hybridized carbons (Fsp3) is 0.261. The Balaban J connectivity index is 1.21. The number of piperazine rings is 1. The zero-order valence-electron chi connectivity index (χ0n) is 16.3. The minimum atomic E-state index is -0.590. The Morgan fingerprint density at radius 3 is 2.77 bits per heavy atom. The molecule has 5 nitrogen and oxygen atoms in total. The standard InChI is InChI=1S/C23H21FN3O2S/c24-17-13-20(18-4-10-30-22(18)14-17)27-8-6-26(7-9-27)5-3-15-1-2-16-12-21(28)23(29)25-19(16)11-15/h1-2,4,10-14,28H,3,5-9H2. The van der Waals surface area contributed by atoms with Gasteiger partial charge in [0.15, 0.2) is 5.76 Å². The topological polar surface area (TPSA) is 57.9 Å². The highest BCUT2D eigenvalue weighted by atomic mass is 32.1. The van der Waals surface area contributed by atoms with Gasteiger partial charge in [0, 0.05) is 54.1 Å². The van der Waals surface area contributed by atoms with Crippen LogP contribution in [0.2, 0.25) is 0 Å². The Hall–Kier alpha value is -2.90. The van der Waals surface area contributed by atoms with Gasteiger partial charge in [-0.25, -0.2) is 9.71 Å². The molecule has 7 heteroatoms. The Labute approximate surface area is 178 Å². The highest BCUT2D eigenvalue weighted by Gasteiger charge is 2.21. The lowest BCUT2D eigenvalue weighted by molar-refractivity contribution is -0.119. The summed E-state index contributed by atoms with van der Waals surface area (Å²) in [5, 5.41) is 16.6. The first-order chi connectivity index (χ1) is 14.6. The number of carbonyl (C=O) groups excluding carboxylic acids is 1. The SMILES string of the molecule is O=C1[N]c2cc(CCN3CCN(c4cc(F)cc5sccc45)CC3)ccc2C=C1O. The highest BCUT2D eigenvalue weighted by Crippen LogP contribution is 2.32. The molecule has 0 spiro atoms. The van der Waals surface area contributed by atoms with Crippen LogP contribution in [-0.2, 0) is 11.2 Å². The van der Waals surface area contributed by atoms with E-state index in [2.05, 4.69) is 21.2 Å². The van der Waals surface area contributed by atoms with E-state index in [1.807, 2.05) is 23.6 Å². The zero-order valence-corrected chi connectivity index (χ0v) is 17.2. The summed E-state index contributed by atoms with van der Waals surface area (Å²) >= 11 is 1.57. The van der Waals surface area contributed by atoms with Gasteiger partial charge in [-0.05, 0) is 47.7 Å². The fourth-order valence-electron chi connectivity index (χ4n) is 4.12. The molecule has 0 atom stereocenters. The minimum Gasteiger partial charge on any atom is -0.503 e. The van der Waals surface area contributed by atoms with Crippen LogP contribution in [0.4, 0.5) is 15.8 Å². The number of hydrogen-bond acceptors (Lipinski definition) is 5. The molecule has 3 aromatic rings. The van der Waals surface area contributed by atoms with E-state index >= 15 is 0 Å². The number of fused-ring (bicyclic) bond motifs is 2. The molecule has 2 aromatic carbocycles. The quantitative estimate of drug-likeness (QED) is 0.688. The van der Waals surface area contributed by atoms with Crippen molar-refractivity contribution in [3.63, 3.8) is 0 Å². The molecule has 0 unspecified atom stereocenters. The van der Waals surface area contributed by atoms with Crippen molar-refractivity contribution in [1.29, 1.82) is 0 Å². The molecule has 2 aliphatic heterocycles. The minimum absolute atomic E-state index is 0.179. The predicted molar refractivity (Wildman–Crippen MR) is 118 cm³/mol. The van der Waals surface area contributed by atoms with Crippen molar-refractivity contribution >= 4 is 44.8 Å². The first-order valence-electron chi connectivity index (χ1n) is 10.0. The number of amides is 1. The molecular formula is C23H21FN3O2S. The summed E-state index contributed by atoms with van der Waals surface area (Å²) in [6, 6.07) is 11.2. The number of hydrogen-bond donors (Lipinski definition) is 1. The largest absolute Gasteiger partial charge is 0.503 e. The van der Waals surface area contributed by atoms with Crippen LogP contribution < -0.4 is 10.2 Å². The summed E-state index contributed by atoms with van der Waals surface area (Å²) < 4.78 is 15.0. The lowest BCUT2D eigenvalue weighted by atomic mass is 10.0. The zero-order chi connectivity index (χ0) is 20.7. The summed E-state index contributed by atoms with van der Waals surface area (Å²) in [6.07, 6.45) is 2.33. The third-order valence-electron chi connectivity index (χ3n) is 5.77. The number of halogens is 1. The first kappa shape index (κ1) is 19.1. The van der Waals surface area contributed by atoms with Crippen molar-refractivity contribution < 1.29 is 14.3 Å². The highest BCUT2D eigenvalue weighted by molar-refractivity contribution is 7.17. The third kappa shape index (κ3) is 3.66. The number of thiophene rings is 1. The van der Waals surface area contributed by atoms with E-state index in [9.17, 15) is 14.3 Å². The van der Waals surface area contributed by atoms with Gasteiger partial charge in [-0.1, -0.05) is 12.1 Å². The van der Waals surface area contributed by atoms with Gasteiger partial charge in [0.25, 0.3) is 0 Å². The van der Waals surface area contributed by atoms with Crippen LogP contribution in [0.3, 0.4) is 0 Å². The van der Waals surface area contributed by atoms with Gasteiger partial charge >= 0.3 is 5.91 Å². The maximum Gasteiger partial charge on any atom is 0.312 e. The number of benzene rings is 2. The van der Waals surface area contributed by atoms with Crippen LogP contribution in [0.15, 0.2) is 47.5 Å². The van der Waals surface area contributed by atoms with Crippen LogP contribution in [0, 0.1) is 5.82 Å². The summed E-state index contributed by atoms with van der Waals surface area (Å²) in [7, 11) is 0. The van der Waals surface area contributed by atoms with Gasteiger partial charge in [0.05, 0.1) is 5.69 Å². The van der Waals surface area contributed by atoms with E-state index in [1.54, 1.807) is 23.5 Å². The Morgan fingerprint density at radius 2 is 1.93 bits per heavy atom. The molecule has 1 N–H and O–H groups in total. The molecule has 30 heavy (non-hydrogen) atoms. The molecule has 2 aliphatic rings. The maximum absolute atomic E-state index is 14.0. The van der Waals surface area contributed by atoms with Crippen LogP contribution in [-0.4, -0.2) is 48.6 Å². The monoisotopic (exact) mass is 422 g/mol. The van der Waals surface area contributed by atoms with Crippen molar-refractivity contribution in [3.8, 4) is 0 Å². The second kappa shape index (κ2) is 7.74. The average molecular weight is 423 g/mol. The summed E-state index contributed by atoms with van der Waals surface area (Å²) in [6.45, 7) is 4.50. The second-order valence-electron chi connectivity index (χ2n) is 7.68. The molecule has 3 heterocycles. The summed E-state index contributed by atoms with van der Waals surface area (Å²) in [5.74, 6) is -1.08. The van der Waals surface area contributed by atoms with E-state index < -0.39 is 5.91 Å². The Morgan fingerprint density at radius 1 is 1.10 bits per heavy atom. The third-order valence-corrected chi connectivity index (χ3v) is 6.64. The molecule has 1 radical (unpaired) electrons. The first-order valence-corrected chi connectivity index (χ1v) is 10.9. The molecule has 1 amide bonds. The average Bonchev–Trinajstić information content (AvgIpc) is 3.21. The van der Waals surface area contributed by atoms with Crippen molar-refractivity contribution in [1.82, 2.24) is 10.2 Å². The lowest BCUT2D eigenvalue weighted by Gasteiger charge is -2.36. The van der Waals surface area contributed by atoms with E-state index in [0.717, 1.165) is 66.0 Å². The predicted octanol–water partition coefficient (Wildman–Crippen LogP) is 4.08. The van der Waals surface area contributed by atoms with Crippen molar-refractivity contribution in [3.05, 3.63) is 64.5 Å². The molecule has 1 fully saturated rings. The van der Waals surface area contributed by atoms with E-state index in [0.29, 0.717) is 5.69 Å². The fourth-order valence-corrected chi connectivity index (χ4v) is 4.95. The van der Waals surface area contributed by atoms with Crippen LogP contribution in [0.5, 0.6) is 0 Å². The summed E-state index contributed by atoms with van der Waals surface area (Å²) in [5.41, 5.74) is 3.49. The molecule has 1 saturated heterocycles. The molecule has 0 bridgehead atoms. The van der Waals surface area contributed by atoms with Crippen molar-refractivity contribution in [2.24, 2.45) is 0 Å². The smallest absolute Gasteiger partial charge is 0.312 e. The number of aliphatic hydroxyl groups is 1. The van der Waals surface area contributed by atoms with Crippen molar-refractivity contribution in [2.45, 2.75) is 6.42 Å². The number of carbonyl (C=O) groups is 1. The second-order valence-corrected chi connectivity index (χ2v) is 8.62. The number of anilines is 1. The van der Waals surface area contributed by atoms with Gasteiger partial charge in [0.2, 0.25) is 0 Å². The van der Waals surface area contributed by atoms with E-state index in [1.165, 1.54) is 6.08 Å². The van der Waals surface area contributed by atoms with Gasteiger partial charge in [0.1, 0.15) is 5.82 Å². The number of rotatable bonds is 4. The van der Waals surface area contributed by atoms with Gasteiger partial charge in [-0.3, -0.25) is 9.69 Å². The molecule has 1 aromatic heterocycles. The molecule has 5 rings (SSSR count). The number of nitrogens with zero attached hydrogens (tertiary/aromatic N) is 3. The lowest BCUT2D eigenvalue weighted by Crippen LogP contribution is -2.47. The van der Waals surface area contributed by atoms with Gasteiger partial charge in [-0.2, -0.15) is 0 Å². The van der Waals surface area contributed by atoms with Gasteiger partial charge < -0.3 is 10.0 Å². The van der Waals surface area contributed by atoms with E-state index in [4.69, 9.17) is 0 Å². The number of aliphatic hydroxyl groups excluding tert-OH is 1.